The largest absolute Gasteiger partial charge is 0.316 e. The summed E-state index contributed by atoms with van der Waals surface area (Å²) in [5, 5.41) is 3.43. The first kappa shape index (κ1) is 15.2. The van der Waals surface area contributed by atoms with Crippen LogP contribution >= 0.6 is 12.4 Å². The minimum atomic E-state index is -0.385. The molecule has 0 aliphatic carbocycles. The molecule has 2 aromatic heterocycles. The number of fused-ring (bicyclic) bond motifs is 4. The molecule has 0 saturated carbocycles. The summed E-state index contributed by atoms with van der Waals surface area (Å²) >= 11 is 0. The fraction of sp³-hybridized carbons (Fsp3) is 0.375. The van der Waals surface area contributed by atoms with Crippen molar-refractivity contribution in [1.82, 2.24) is 14.9 Å². The zero-order valence-electron chi connectivity index (χ0n) is 12.0. The molecule has 22 heavy (non-hydrogen) atoms. The minimum Gasteiger partial charge on any atom is -0.316 e. The van der Waals surface area contributed by atoms with Gasteiger partial charge >= 0.3 is 0 Å². The lowest BCUT2D eigenvalue weighted by Crippen LogP contribution is -2.44. The number of piperidine rings is 1. The summed E-state index contributed by atoms with van der Waals surface area (Å²) in [6, 6.07) is 5.03. The highest BCUT2D eigenvalue weighted by atomic mass is 35.5. The SMILES string of the molecule is Cl.O=c1cc(-c2cncc(F)c2)cc2n1C[C@@H]1CNC[C@H]2C1. The van der Waals surface area contributed by atoms with Crippen LogP contribution in [0.3, 0.4) is 0 Å². The van der Waals surface area contributed by atoms with Gasteiger partial charge in [-0.1, -0.05) is 0 Å². The van der Waals surface area contributed by atoms with Gasteiger partial charge in [0.25, 0.3) is 5.56 Å². The lowest BCUT2D eigenvalue weighted by atomic mass is 9.83. The number of halogens is 2. The van der Waals surface area contributed by atoms with Crippen molar-refractivity contribution in [1.29, 1.82) is 0 Å². The smallest absolute Gasteiger partial charge is 0.251 e. The number of pyridine rings is 2. The van der Waals surface area contributed by atoms with Gasteiger partial charge in [-0.3, -0.25) is 9.78 Å². The van der Waals surface area contributed by atoms with Crippen LogP contribution in [0.1, 0.15) is 18.0 Å². The van der Waals surface area contributed by atoms with Crippen LogP contribution in [-0.2, 0) is 6.54 Å². The number of rotatable bonds is 1. The number of hydrogen-bond donors (Lipinski definition) is 1. The average molecular weight is 322 g/mol. The van der Waals surface area contributed by atoms with Crippen LogP contribution in [0.2, 0.25) is 0 Å². The van der Waals surface area contributed by atoms with Crippen LogP contribution in [0, 0.1) is 11.7 Å². The summed E-state index contributed by atoms with van der Waals surface area (Å²) in [4.78, 5) is 16.3. The molecule has 2 aliphatic rings. The molecule has 4 rings (SSSR count). The fourth-order valence-corrected chi connectivity index (χ4v) is 3.54. The van der Waals surface area contributed by atoms with Gasteiger partial charge in [0.1, 0.15) is 5.82 Å². The van der Waals surface area contributed by atoms with E-state index in [1.165, 1.54) is 12.3 Å². The first-order valence-electron chi connectivity index (χ1n) is 7.27. The Morgan fingerprint density at radius 1 is 1.18 bits per heavy atom. The van der Waals surface area contributed by atoms with Crippen LogP contribution < -0.4 is 10.9 Å². The van der Waals surface area contributed by atoms with Gasteiger partial charge in [-0.15, -0.1) is 12.4 Å². The van der Waals surface area contributed by atoms with Gasteiger partial charge < -0.3 is 9.88 Å². The molecular formula is C16H17ClFN3O. The second kappa shape index (κ2) is 5.82. The highest BCUT2D eigenvalue weighted by Gasteiger charge is 2.31. The van der Waals surface area contributed by atoms with Crippen LogP contribution in [0.4, 0.5) is 4.39 Å². The Balaban J connectivity index is 0.00000144. The van der Waals surface area contributed by atoms with Crippen molar-refractivity contribution in [2.24, 2.45) is 5.92 Å². The Bertz CT molecular complexity index is 761. The number of nitrogens with one attached hydrogen (secondary N) is 1. The van der Waals surface area contributed by atoms with Crippen LogP contribution in [0.15, 0.2) is 35.4 Å². The average Bonchev–Trinajstić information content (AvgIpc) is 2.48. The molecule has 116 valence electrons. The van der Waals surface area contributed by atoms with E-state index in [0.29, 0.717) is 17.4 Å². The van der Waals surface area contributed by atoms with Gasteiger partial charge in [0.05, 0.1) is 6.20 Å². The standard InChI is InChI=1S/C16H16FN3O.ClH/c17-14-2-12(6-19-8-14)11-3-15-13-1-10(5-18-7-13)9-20(15)16(21)4-11;/h2-4,6,8,10,13,18H,1,5,7,9H2;1H/t10-,13+;/m0./s1. The fourth-order valence-electron chi connectivity index (χ4n) is 3.54. The Kier molecular flexibility index (Phi) is 4.02. The zero-order chi connectivity index (χ0) is 14.4. The van der Waals surface area contributed by atoms with Crippen molar-refractivity contribution >= 4 is 12.4 Å². The van der Waals surface area contributed by atoms with E-state index in [9.17, 15) is 9.18 Å². The van der Waals surface area contributed by atoms with E-state index >= 15 is 0 Å². The Morgan fingerprint density at radius 3 is 2.86 bits per heavy atom. The van der Waals surface area contributed by atoms with E-state index in [1.807, 2.05) is 10.6 Å². The maximum atomic E-state index is 13.3. The molecule has 0 amide bonds. The van der Waals surface area contributed by atoms with Crippen LogP contribution in [-0.4, -0.2) is 22.6 Å². The maximum Gasteiger partial charge on any atom is 0.251 e. The third-order valence-electron chi connectivity index (χ3n) is 4.50. The van der Waals surface area contributed by atoms with Crippen molar-refractivity contribution in [3.8, 4) is 11.1 Å². The monoisotopic (exact) mass is 321 g/mol. The molecule has 4 nitrogen and oxygen atoms in total. The topological polar surface area (TPSA) is 46.9 Å². The predicted octanol–water partition coefficient (Wildman–Crippen LogP) is 2.18. The maximum absolute atomic E-state index is 13.3. The first-order chi connectivity index (χ1) is 10.2. The van der Waals surface area contributed by atoms with E-state index in [0.717, 1.165) is 37.3 Å². The lowest BCUT2D eigenvalue weighted by Gasteiger charge is -2.37. The van der Waals surface area contributed by atoms with E-state index in [4.69, 9.17) is 0 Å². The lowest BCUT2D eigenvalue weighted by molar-refractivity contribution is 0.257. The predicted molar refractivity (Wildman–Crippen MR) is 84.9 cm³/mol. The quantitative estimate of drug-likeness (QED) is 0.875. The summed E-state index contributed by atoms with van der Waals surface area (Å²) in [6.45, 7) is 2.66. The van der Waals surface area contributed by atoms with Crippen LogP contribution in [0.25, 0.3) is 11.1 Å². The van der Waals surface area contributed by atoms with Gasteiger partial charge in [-0.05, 0) is 36.6 Å². The molecular weight excluding hydrogens is 305 g/mol. The van der Waals surface area contributed by atoms with Crippen molar-refractivity contribution in [2.75, 3.05) is 13.1 Å². The molecule has 0 spiro atoms. The van der Waals surface area contributed by atoms with Crippen molar-refractivity contribution in [2.45, 2.75) is 18.9 Å². The van der Waals surface area contributed by atoms with E-state index < -0.39 is 0 Å². The van der Waals surface area contributed by atoms with E-state index in [1.54, 1.807) is 12.3 Å². The van der Waals surface area contributed by atoms with Crippen LogP contribution in [0.5, 0.6) is 0 Å². The molecule has 0 radical (unpaired) electrons. The molecule has 0 aromatic carbocycles. The van der Waals surface area contributed by atoms with Crippen molar-refractivity contribution in [3.63, 3.8) is 0 Å². The van der Waals surface area contributed by atoms with Crippen molar-refractivity contribution < 1.29 is 4.39 Å². The molecule has 2 atom stereocenters. The van der Waals surface area contributed by atoms with Crippen molar-refractivity contribution in [3.05, 3.63) is 52.5 Å². The molecule has 1 N–H and O–H groups in total. The summed E-state index contributed by atoms with van der Waals surface area (Å²) in [5.74, 6) is 0.520. The van der Waals surface area contributed by atoms with Gasteiger partial charge in [-0.25, -0.2) is 4.39 Å². The second-order valence-corrected chi connectivity index (χ2v) is 5.97. The number of nitrogens with zero attached hydrogens (tertiary/aromatic N) is 2. The highest BCUT2D eigenvalue weighted by molar-refractivity contribution is 5.85. The number of aromatic nitrogens is 2. The normalized spacial score (nSPS) is 22.6. The molecule has 2 bridgehead atoms. The van der Waals surface area contributed by atoms with E-state index in [2.05, 4.69) is 10.3 Å². The molecule has 2 aliphatic heterocycles. The number of hydrogen-bond acceptors (Lipinski definition) is 3. The summed E-state index contributed by atoms with van der Waals surface area (Å²) in [5.41, 5.74) is 2.47. The Hall–Kier alpha value is -1.72. The molecule has 6 heteroatoms. The Morgan fingerprint density at radius 2 is 2.05 bits per heavy atom. The summed E-state index contributed by atoms with van der Waals surface area (Å²) in [7, 11) is 0. The third kappa shape index (κ3) is 2.55. The third-order valence-corrected chi connectivity index (χ3v) is 4.50. The first-order valence-corrected chi connectivity index (χ1v) is 7.27. The van der Waals surface area contributed by atoms with Gasteiger partial charge in [-0.2, -0.15) is 0 Å². The zero-order valence-corrected chi connectivity index (χ0v) is 12.8. The molecule has 4 heterocycles. The van der Waals surface area contributed by atoms with Gasteiger partial charge in [0.15, 0.2) is 0 Å². The van der Waals surface area contributed by atoms with E-state index in [-0.39, 0.29) is 23.8 Å². The minimum absolute atomic E-state index is 0. The molecule has 1 fully saturated rings. The summed E-state index contributed by atoms with van der Waals surface area (Å²) < 4.78 is 15.2. The molecule has 0 unspecified atom stereocenters. The Labute approximate surface area is 133 Å². The van der Waals surface area contributed by atoms with Gasteiger partial charge in [0, 0.05) is 42.5 Å². The summed E-state index contributed by atoms with van der Waals surface area (Å²) in [6.07, 6.45) is 3.89. The second-order valence-electron chi connectivity index (χ2n) is 5.97. The van der Waals surface area contributed by atoms with Gasteiger partial charge in [0.2, 0.25) is 0 Å². The molecule has 1 saturated heterocycles. The molecule has 2 aromatic rings. The highest BCUT2D eigenvalue weighted by Crippen LogP contribution is 2.33.